The molecule has 2 rings (SSSR count). The van der Waals surface area contributed by atoms with E-state index in [-0.39, 0.29) is 16.7 Å². The minimum absolute atomic E-state index is 0.0255. The number of benzene rings is 2. The molecule has 0 saturated heterocycles. The quantitative estimate of drug-likeness (QED) is 0.621. The molecule has 0 bridgehead atoms. The minimum Gasteiger partial charge on any atom is -0.369 e. The molecule has 0 fully saturated rings. The molecule has 0 spiro atoms. The lowest BCUT2D eigenvalue weighted by atomic mass is 10.1. The van der Waals surface area contributed by atoms with Crippen LogP contribution < -0.4 is 10.6 Å². The van der Waals surface area contributed by atoms with E-state index in [1.807, 2.05) is 31.2 Å². The van der Waals surface area contributed by atoms with E-state index in [4.69, 9.17) is 17.3 Å². The molecule has 0 atom stereocenters. The van der Waals surface area contributed by atoms with Crippen molar-refractivity contribution in [3.8, 4) is 0 Å². The van der Waals surface area contributed by atoms with Crippen molar-refractivity contribution in [2.24, 2.45) is 10.7 Å². The highest BCUT2D eigenvalue weighted by Gasteiger charge is 2.31. The summed E-state index contributed by atoms with van der Waals surface area (Å²) in [7, 11) is 1.69. The molecule has 2 aromatic carbocycles. The van der Waals surface area contributed by atoms with Crippen LogP contribution in [0.3, 0.4) is 0 Å². The number of anilines is 1. The van der Waals surface area contributed by atoms with Crippen LogP contribution in [-0.2, 0) is 12.6 Å². The topological polar surface area (TPSA) is 41.6 Å². The summed E-state index contributed by atoms with van der Waals surface area (Å²) in [6.07, 6.45) is -3.61. The molecule has 0 aliphatic carbocycles. The Hall–Kier alpha value is -2.21. The number of nitrogens with zero attached hydrogens (tertiary/aromatic N) is 2. The number of aliphatic imine (C=N–C) groups is 1. The van der Waals surface area contributed by atoms with Crippen molar-refractivity contribution in [3.63, 3.8) is 0 Å². The van der Waals surface area contributed by atoms with Crippen molar-refractivity contribution in [3.05, 3.63) is 58.6 Å². The lowest BCUT2D eigenvalue weighted by molar-refractivity contribution is -0.137. The van der Waals surface area contributed by atoms with Gasteiger partial charge in [-0.25, -0.2) is 4.99 Å². The van der Waals surface area contributed by atoms with Gasteiger partial charge in [0.25, 0.3) is 0 Å². The van der Waals surface area contributed by atoms with Gasteiger partial charge in [-0.15, -0.1) is 0 Å². The molecule has 0 aromatic heterocycles. The normalized spacial score (nSPS) is 12.3. The molecule has 7 heteroatoms. The van der Waals surface area contributed by atoms with Crippen molar-refractivity contribution in [2.45, 2.75) is 19.5 Å². The summed E-state index contributed by atoms with van der Waals surface area (Å²) in [4.78, 5) is 5.65. The average Bonchev–Trinajstić information content (AvgIpc) is 2.55. The molecule has 0 amide bonds. The summed E-state index contributed by atoms with van der Waals surface area (Å²) in [6, 6.07) is 10.6. The third kappa shape index (κ3) is 4.20. The molecule has 0 unspecified atom stereocenters. The molecule has 3 nitrogen and oxygen atoms in total. The first-order valence-electron chi connectivity index (χ1n) is 7.26. The van der Waals surface area contributed by atoms with E-state index < -0.39 is 11.7 Å². The van der Waals surface area contributed by atoms with Gasteiger partial charge in [0.1, 0.15) is 0 Å². The fourth-order valence-corrected chi connectivity index (χ4v) is 2.25. The van der Waals surface area contributed by atoms with Gasteiger partial charge in [-0.3, -0.25) is 0 Å². The molecule has 24 heavy (non-hydrogen) atoms. The van der Waals surface area contributed by atoms with Gasteiger partial charge in [0, 0.05) is 12.7 Å². The summed E-state index contributed by atoms with van der Waals surface area (Å²) in [5, 5.41) is 0.0988. The van der Waals surface area contributed by atoms with Crippen LogP contribution in [0.1, 0.15) is 18.1 Å². The van der Waals surface area contributed by atoms with Crippen molar-refractivity contribution in [2.75, 3.05) is 11.9 Å². The van der Waals surface area contributed by atoms with Gasteiger partial charge in [-0.1, -0.05) is 30.7 Å². The zero-order valence-electron chi connectivity index (χ0n) is 13.2. The summed E-state index contributed by atoms with van der Waals surface area (Å²) in [6.45, 7) is 2.03. The van der Waals surface area contributed by atoms with E-state index in [0.29, 0.717) is 0 Å². The molecule has 2 aromatic rings. The van der Waals surface area contributed by atoms with Gasteiger partial charge in [-0.2, -0.15) is 13.2 Å². The number of rotatable bonds is 3. The highest BCUT2D eigenvalue weighted by molar-refractivity contribution is 6.33. The third-order valence-electron chi connectivity index (χ3n) is 3.56. The first-order chi connectivity index (χ1) is 11.2. The second-order valence-electron chi connectivity index (χ2n) is 5.22. The number of alkyl halides is 3. The molecule has 0 radical (unpaired) electrons. The highest BCUT2D eigenvalue weighted by atomic mass is 35.5. The number of aryl methyl sites for hydroxylation is 1. The lowest BCUT2D eigenvalue weighted by Crippen LogP contribution is -2.33. The minimum atomic E-state index is -4.47. The molecule has 128 valence electrons. The largest absolute Gasteiger partial charge is 0.416 e. The molecule has 0 heterocycles. The number of nitrogens with two attached hydrogens (primary N) is 1. The Labute approximate surface area is 143 Å². The standard InChI is InChI=1S/C17H17ClF3N3/c1-3-11-5-4-6-13(9-11)24(2)16(22)23-15-10-12(17(19,20)21)7-8-14(15)18/h4-10H,3H2,1-2H3,(H2,22,23). The summed E-state index contributed by atoms with van der Waals surface area (Å²) in [5.41, 5.74) is 6.99. The fraction of sp³-hybridized carbons (Fsp3) is 0.235. The molecule has 2 N–H and O–H groups in total. The smallest absolute Gasteiger partial charge is 0.369 e. The van der Waals surface area contributed by atoms with Crippen LogP contribution in [0.4, 0.5) is 24.5 Å². The Morgan fingerprint density at radius 2 is 1.92 bits per heavy atom. The molecular weight excluding hydrogens is 339 g/mol. The fourth-order valence-electron chi connectivity index (χ4n) is 2.09. The monoisotopic (exact) mass is 355 g/mol. The Kier molecular flexibility index (Phi) is 5.39. The number of hydrogen-bond acceptors (Lipinski definition) is 1. The highest BCUT2D eigenvalue weighted by Crippen LogP contribution is 2.35. The van der Waals surface area contributed by atoms with Crippen LogP contribution in [0, 0.1) is 0 Å². The van der Waals surface area contributed by atoms with E-state index in [1.165, 1.54) is 0 Å². The van der Waals surface area contributed by atoms with Gasteiger partial charge in [0.15, 0.2) is 0 Å². The van der Waals surface area contributed by atoms with E-state index in [0.717, 1.165) is 35.9 Å². The Bertz CT molecular complexity index is 757. The van der Waals surface area contributed by atoms with Crippen molar-refractivity contribution in [1.29, 1.82) is 0 Å². The van der Waals surface area contributed by atoms with E-state index in [2.05, 4.69) is 4.99 Å². The Balaban J connectivity index is 2.36. The maximum atomic E-state index is 12.8. The van der Waals surface area contributed by atoms with Gasteiger partial charge < -0.3 is 10.6 Å². The zero-order chi connectivity index (χ0) is 17.9. The number of guanidine groups is 1. The van der Waals surface area contributed by atoms with Gasteiger partial charge in [-0.05, 0) is 42.3 Å². The third-order valence-corrected chi connectivity index (χ3v) is 3.88. The first kappa shape index (κ1) is 18.1. The summed E-state index contributed by atoms with van der Waals surface area (Å²) < 4.78 is 38.4. The second kappa shape index (κ2) is 7.13. The van der Waals surface area contributed by atoms with Crippen LogP contribution in [0.15, 0.2) is 47.5 Å². The summed E-state index contributed by atoms with van der Waals surface area (Å²) in [5.74, 6) is 0.0458. The molecule has 0 saturated carbocycles. The average molecular weight is 356 g/mol. The molecular formula is C17H17ClF3N3. The van der Waals surface area contributed by atoms with Gasteiger partial charge in [0.05, 0.1) is 16.3 Å². The first-order valence-corrected chi connectivity index (χ1v) is 7.63. The molecule has 0 aliphatic heterocycles. The van der Waals surface area contributed by atoms with Crippen LogP contribution in [0.2, 0.25) is 5.02 Å². The second-order valence-corrected chi connectivity index (χ2v) is 5.62. The van der Waals surface area contributed by atoms with Crippen molar-refractivity contribution >= 4 is 28.9 Å². The Morgan fingerprint density at radius 1 is 1.21 bits per heavy atom. The SMILES string of the molecule is CCc1cccc(N(C)C(N)=Nc2cc(C(F)(F)F)ccc2Cl)c1. The van der Waals surface area contributed by atoms with Crippen LogP contribution in [-0.4, -0.2) is 13.0 Å². The van der Waals surface area contributed by atoms with E-state index >= 15 is 0 Å². The summed E-state index contributed by atoms with van der Waals surface area (Å²) >= 11 is 5.94. The van der Waals surface area contributed by atoms with Gasteiger partial charge in [0.2, 0.25) is 5.96 Å². The van der Waals surface area contributed by atoms with E-state index in [1.54, 1.807) is 11.9 Å². The Morgan fingerprint density at radius 3 is 2.54 bits per heavy atom. The van der Waals surface area contributed by atoms with Crippen LogP contribution in [0.5, 0.6) is 0 Å². The van der Waals surface area contributed by atoms with Crippen molar-refractivity contribution < 1.29 is 13.2 Å². The van der Waals surface area contributed by atoms with Crippen molar-refractivity contribution in [1.82, 2.24) is 0 Å². The lowest BCUT2D eigenvalue weighted by Gasteiger charge is -2.19. The van der Waals surface area contributed by atoms with E-state index in [9.17, 15) is 13.2 Å². The number of halogens is 4. The molecule has 0 aliphatic rings. The predicted molar refractivity (Wildman–Crippen MR) is 92.0 cm³/mol. The maximum absolute atomic E-state index is 12.8. The van der Waals surface area contributed by atoms with Crippen LogP contribution in [0.25, 0.3) is 0 Å². The maximum Gasteiger partial charge on any atom is 0.416 e. The predicted octanol–water partition coefficient (Wildman–Crippen LogP) is 5.00. The number of hydrogen-bond donors (Lipinski definition) is 1. The zero-order valence-corrected chi connectivity index (χ0v) is 14.0. The van der Waals surface area contributed by atoms with Crippen LogP contribution >= 0.6 is 11.6 Å². The van der Waals surface area contributed by atoms with Gasteiger partial charge >= 0.3 is 6.18 Å².